The maximum atomic E-state index is 11.8. The molecule has 0 aliphatic heterocycles. The second kappa shape index (κ2) is 8.59. The Bertz CT molecular complexity index is 432. The third kappa shape index (κ3) is 5.21. The summed E-state index contributed by atoms with van der Waals surface area (Å²) in [6.07, 6.45) is 0.964. The summed E-state index contributed by atoms with van der Waals surface area (Å²) in [7, 11) is 1.96. The Balaban J connectivity index is 2.75. The molecule has 1 amide bonds. The highest BCUT2D eigenvalue weighted by Gasteiger charge is 2.11. The highest BCUT2D eigenvalue weighted by atomic mass is 16.2. The molecule has 0 heterocycles. The number of likely N-dealkylation sites (N-methyl/N-ethyl adjacent to an activating group) is 1. The zero-order valence-corrected chi connectivity index (χ0v) is 13.1. The molecule has 4 heteroatoms. The van der Waals surface area contributed by atoms with E-state index in [1.54, 1.807) is 0 Å². The van der Waals surface area contributed by atoms with Crippen molar-refractivity contribution in [2.24, 2.45) is 0 Å². The van der Waals surface area contributed by atoms with Crippen LogP contribution in [0.15, 0.2) is 18.2 Å². The Kier molecular flexibility index (Phi) is 7.09. The quantitative estimate of drug-likeness (QED) is 0.764. The molecule has 112 valence electrons. The molecule has 0 atom stereocenters. The van der Waals surface area contributed by atoms with Crippen LogP contribution in [0.3, 0.4) is 0 Å². The van der Waals surface area contributed by atoms with Crippen LogP contribution in [0.4, 0.5) is 5.69 Å². The minimum absolute atomic E-state index is 0.0734. The lowest BCUT2D eigenvalue weighted by atomic mass is 10.1. The van der Waals surface area contributed by atoms with Crippen molar-refractivity contribution in [3.05, 3.63) is 29.3 Å². The maximum absolute atomic E-state index is 11.8. The Labute approximate surface area is 122 Å². The van der Waals surface area contributed by atoms with Crippen LogP contribution in [0.5, 0.6) is 0 Å². The van der Waals surface area contributed by atoms with Gasteiger partial charge in [-0.3, -0.25) is 4.79 Å². The SMILES string of the molecule is CCCNC(=O)CN(C)c1ccc(C)cc1CNCC. The molecule has 2 N–H and O–H groups in total. The molecule has 0 saturated carbocycles. The van der Waals surface area contributed by atoms with Crippen molar-refractivity contribution in [2.75, 3.05) is 31.6 Å². The van der Waals surface area contributed by atoms with E-state index in [4.69, 9.17) is 0 Å². The predicted molar refractivity (Wildman–Crippen MR) is 85.1 cm³/mol. The zero-order chi connectivity index (χ0) is 15.0. The second-order valence-electron chi connectivity index (χ2n) is 5.12. The van der Waals surface area contributed by atoms with E-state index in [1.165, 1.54) is 11.1 Å². The summed E-state index contributed by atoms with van der Waals surface area (Å²) in [4.78, 5) is 13.8. The van der Waals surface area contributed by atoms with Gasteiger partial charge in [-0.15, -0.1) is 0 Å². The van der Waals surface area contributed by atoms with Crippen LogP contribution in [-0.2, 0) is 11.3 Å². The molecule has 1 aromatic carbocycles. The van der Waals surface area contributed by atoms with Gasteiger partial charge in [0.15, 0.2) is 0 Å². The average Bonchev–Trinajstić information content (AvgIpc) is 2.42. The fourth-order valence-corrected chi connectivity index (χ4v) is 2.11. The minimum Gasteiger partial charge on any atom is -0.365 e. The number of aryl methyl sites for hydroxylation is 1. The highest BCUT2D eigenvalue weighted by Crippen LogP contribution is 2.20. The van der Waals surface area contributed by atoms with E-state index in [0.717, 1.165) is 31.7 Å². The number of amides is 1. The number of hydrogen-bond acceptors (Lipinski definition) is 3. The smallest absolute Gasteiger partial charge is 0.239 e. The summed E-state index contributed by atoms with van der Waals surface area (Å²) in [5.74, 6) is 0.0734. The molecule has 0 bridgehead atoms. The van der Waals surface area contributed by atoms with Crippen LogP contribution in [0.1, 0.15) is 31.4 Å². The Morgan fingerprint density at radius 3 is 2.70 bits per heavy atom. The van der Waals surface area contributed by atoms with E-state index >= 15 is 0 Å². The Hall–Kier alpha value is -1.55. The molecule has 0 spiro atoms. The first-order chi connectivity index (χ1) is 9.58. The van der Waals surface area contributed by atoms with Crippen LogP contribution >= 0.6 is 0 Å². The summed E-state index contributed by atoms with van der Waals surface area (Å²) < 4.78 is 0. The predicted octanol–water partition coefficient (Wildman–Crippen LogP) is 2.07. The number of benzene rings is 1. The van der Waals surface area contributed by atoms with Crippen molar-refractivity contribution < 1.29 is 4.79 Å². The molecule has 0 radical (unpaired) electrons. The van der Waals surface area contributed by atoms with Crippen LogP contribution in [-0.4, -0.2) is 32.6 Å². The standard InChI is InChI=1S/C16H27N3O/c1-5-9-18-16(20)12-19(4)15-8-7-13(3)10-14(15)11-17-6-2/h7-8,10,17H,5-6,9,11-12H2,1-4H3,(H,18,20). The first kappa shape index (κ1) is 16.5. The minimum atomic E-state index is 0.0734. The molecule has 0 aliphatic rings. The lowest BCUT2D eigenvalue weighted by molar-refractivity contribution is -0.119. The van der Waals surface area contributed by atoms with Crippen LogP contribution in [0.2, 0.25) is 0 Å². The number of nitrogens with one attached hydrogen (secondary N) is 2. The molecule has 0 fully saturated rings. The van der Waals surface area contributed by atoms with E-state index < -0.39 is 0 Å². The summed E-state index contributed by atoms with van der Waals surface area (Å²) in [6.45, 7) is 9.14. The number of nitrogens with zero attached hydrogens (tertiary/aromatic N) is 1. The zero-order valence-electron chi connectivity index (χ0n) is 13.1. The fraction of sp³-hybridized carbons (Fsp3) is 0.562. The number of anilines is 1. The summed E-state index contributed by atoms with van der Waals surface area (Å²) in [5.41, 5.74) is 3.59. The van der Waals surface area contributed by atoms with Crippen molar-refractivity contribution in [3.8, 4) is 0 Å². The molecule has 1 rings (SSSR count). The van der Waals surface area contributed by atoms with E-state index in [9.17, 15) is 4.79 Å². The van der Waals surface area contributed by atoms with Crippen LogP contribution in [0, 0.1) is 6.92 Å². The van der Waals surface area contributed by atoms with E-state index in [0.29, 0.717) is 6.54 Å². The highest BCUT2D eigenvalue weighted by molar-refractivity contribution is 5.81. The van der Waals surface area contributed by atoms with Gasteiger partial charge in [-0.1, -0.05) is 31.5 Å². The molecule has 0 aliphatic carbocycles. The molecule has 0 unspecified atom stereocenters. The van der Waals surface area contributed by atoms with Gasteiger partial charge in [0.25, 0.3) is 0 Å². The van der Waals surface area contributed by atoms with Crippen molar-refractivity contribution in [1.29, 1.82) is 0 Å². The van der Waals surface area contributed by atoms with Gasteiger partial charge < -0.3 is 15.5 Å². The van der Waals surface area contributed by atoms with Crippen molar-refractivity contribution >= 4 is 11.6 Å². The Morgan fingerprint density at radius 1 is 1.30 bits per heavy atom. The van der Waals surface area contributed by atoms with Gasteiger partial charge in [-0.05, 0) is 31.5 Å². The largest absolute Gasteiger partial charge is 0.365 e. The fourth-order valence-electron chi connectivity index (χ4n) is 2.11. The summed E-state index contributed by atoms with van der Waals surface area (Å²) >= 11 is 0. The van der Waals surface area contributed by atoms with Crippen molar-refractivity contribution in [1.82, 2.24) is 10.6 Å². The lowest BCUT2D eigenvalue weighted by Crippen LogP contribution is -2.36. The molecule has 20 heavy (non-hydrogen) atoms. The Morgan fingerprint density at radius 2 is 2.05 bits per heavy atom. The van der Waals surface area contributed by atoms with Gasteiger partial charge in [-0.25, -0.2) is 0 Å². The normalized spacial score (nSPS) is 10.4. The third-order valence-corrected chi connectivity index (χ3v) is 3.16. The third-order valence-electron chi connectivity index (χ3n) is 3.16. The molecule has 1 aromatic rings. The van der Waals surface area contributed by atoms with Gasteiger partial charge >= 0.3 is 0 Å². The molecule has 4 nitrogen and oxygen atoms in total. The van der Waals surface area contributed by atoms with Gasteiger partial charge in [0.1, 0.15) is 0 Å². The van der Waals surface area contributed by atoms with Crippen LogP contribution in [0.25, 0.3) is 0 Å². The maximum Gasteiger partial charge on any atom is 0.239 e. The van der Waals surface area contributed by atoms with Crippen molar-refractivity contribution in [2.45, 2.75) is 33.7 Å². The molecular weight excluding hydrogens is 250 g/mol. The second-order valence-corrected chi connectivity index (χ2v) is 5.12. The number of carbonyl (C=O) groups is 1. The number of hydrogen-bond donors (Lipinski definition) is 2. The van der Waals surface area contributed by atoms with Gasteiger partial charge in [0, 0.05) is 25.8 Å². The van der Waals surface area contributed by atoms with E-state index in [-0.39, 0.29) is 5.91 Å². The van der Waals surface area contributed by atoms with E-state index in [2.05, 4.69) is 49.6 Å². The summed E-state index contributed by atoms with van der Waals surface area (Å²) in [5, 5.41) is 6.26. The van der Waals surface area contributed by atoms with Gasteiger partial charge in [0.05, 0.1) is 6.54 Å². The molecule has 0 saturated heterocycles. The van der Waals surface area contributed by atoms with Gasteiger partial charge in [0.2, 0.25) is 5.91 Å². The topological polar surface area (TPSA) is 44.4 Å². The average molecular weight is 277 g/mol. The van der Waals surface area contributed by atoms with E-state index in [1.807, 2.05) is 11.9 Å². The molecular formula is C16H27N3O. The first-order valence-corrected chi connectivity index (χ1v) is 7.36. The van der Waals surface area contributed by atoms with Gasteiger partial charge in [-0.2, -0.15) is 0 Å². The first-order valence-electron chi connectivity index (χ1n) is 7.36. The number of carbonyl (C=O) groups excluding carboxylic acids is 1. The monoisotopic (exact) mass is 277 g/mol. The number of rotatable bonds is 8. The van der Waals surface area contributed by atoms with Crippen LogP contribution < -0.4 is 15.5 Å². The van der Waals surface area contributed by atoms with Crippen molar-refractivity contribution in [3.63, 3.8) is 0 Å². The summed E-state index contributed by atoms with van der Waals surface area (Å²) in [6, 6.07) is 6.36. The lowest BCUT2D eigenvalue weighted by Gasteiger charge is -2.22. The molecule has 0 aromatic heterocycles.